The van der Waals surface area contributed by atoms with Crippen molar-refractivity contribution in [2.45, 2.75) is 11.3 Å². The van der Waals surface area contributed by atoms with Gasteiger partial charge in [0.05, 0.1) is 5.69 Å². The van der Waals surface area contributed by atoms with Gasteiger partial charge in [0.2, 0.25) is 0 Å². The van der Waals surface area contributed by atoms with Crippen LogP contribution in [0.4, 0.5) is 14.6 Å². The summed E-state index contributed by atoms with van der Waals surface area (Å²) < 4.78 is 29.0. The first kappa shape index (κ1) is 15.2. The van der Waals surface area contributed by atoms with Gasteiger partial charge >= 0.3 is 0 Å². The molecule has 1 aromatic heterocycles. The van der Waals surface area contributed by atoms with Crippen LogP contribution in [0.2, 0.25) is 0 Å². The summed E-state index contributed by atoms with van der Waals surface area (Å²) in [6.07, 6.45) is 2.85. The Bertz CT molecular complexity index is 921. The SMILES string of the molecule is CSc1ccccc1-c1nn(-c2ccc(F)cc2F)c2c1CCN2. The average molecular weight is 343 g/mol. The van der Waals surface area contributed by atoms with Crippen LogP contribution in [0.25, 0.3) is 16.9 Å². The minimum atomic E-state index is -0.626. The van der Waals surface area contributed by atoms with E-state index in [1.165, 1.54) is 12.1 Å². The largest absolute Gasteiger partial charge is 0.369 e. The summed E-state index contributed by atoms with van der Waals surface area (Å²) in [6.45, 7) is 0.782. The highest BCUT2D eigenvalue weighted by Crippen LogP contribution is 2.38. The van der Waals surface area contributed by atoms with Crippen LogP contribution in [0.5, 0.6) is 0 Å². The molecule has 4 rings (SSSR count). The van der Waals surface area contributed by atoms with Gasteiger partial charge in [-0.15, -0.1) is 11.8 Å². The minimum absolute atomic E-state index is 0.245. The van der Waals surface area contributed by atoms with Gasteiger partial charge in [-0.05, 0) is 30.9 Å². The Labute approximate surface area is 142 Å². The molecule has 2 heterocycles. The lowest BCUT2D eigenvalue weighted by molar-refractivity contribution is 0.574. The van der Waals surface area contributed by atoms with Crippen LogP contribution in [0.1, 0.15) is 5.56 Å². The van der Waals surface area contributed by atoms with Gasteiger partial charge in [0.15, 0.2) is 5.82 Å². The van der Waals surface area contributed by atoms with E-state index in [9.17, 15) is 8.78 Å². The molecule has 2 aromatic carbocycles. The van der Waals surface area contributed by atoms with Crippen LogP contribution < -0.4 is 5.32 Å². The van der Waals surface area contributed by atoms with E-state index < -0.39 is 11.6 Å². The molecule has 0 amide bonds. The van der Waals surface area contributed by atoms with Crippen molar-refractivity contribution in [3.63, 3.8) is 0 Å². The average Bonchev–Trinajstić information content (AvgIpc) is 3.18. The fraction of sp³-hybridized carbons (Fsp3) is 0.167. The second-order valence-electron chi connectivity index (χ2n) is 5.56. The first-order valence-electron chi connectivity index (χ1n) is 7.63. The number of hydrogen-bond donors (Lipinski definition) is 1. The molecule has 0 bridgehead atoms. The number of halogens is 2. The van der Waals surface area contributed by atoms with Gasteiger partial charge < -0.3 is 5.32 Å². The number of thioether (sulfide) groups is 1. The zero-order valence-corrected chi connectivity index (χ0v) is 13.8. The third kappa shape index (κ3) is 2.38. The summed E-state index contributed by atoms with van der Waals surface area (Å²) in [7, 11) is 0. The van der Waals surface area contributed by atoms with Crippen LogP contribution >= 0.6 is 11.8 Å². The smallest absolute Gasteiger partial charge is 0.151 e. The Kier molecular flexibility index (Phi) is 3.76. The van der Waals surface area contributed by atoms with Crippen molar-refractivity contribution in [2.24, 2.45) is 0 Å². The number of nitrogens with zero attached hydrogens (tertiary/aromatic N) is 2. The summed E-state index contributed by atoms with van der Waals surface area (Å²) in [5.74, 6) is -0.439. The van der Waals surface area contributed by atoms with E-state index in [4.69, 9.17) is 0 Å². The molecule has 0 atom stereocenters. The fourth-order valence-electron chi connectivity index (χ4n) is 3.06. The quantitative estimate of drug-likeness (QED) is 0.710. The maximum Gasteiger partial charge on any atom is 0.151 e. The molecule has 0 spiro atoms. The summed E-state index contributed by atoms with van der Waals surface area (Å²) in [4.78, 5) is 1.12. The highest BCUT2D eigenvalue weighted by molar-refractivity contribution is 7.98. The van der Waals surface area contributed by atoms with Gasteiger partial charge in [-0.3, -0.25) is 0 Å². The van der Waals surface area contributed by atoms with Crippen molar-refractivity contribution in [1.82, 2.24) is 9.78 Å². The van der Waals surface area contributed by atoms with Gasteiger partial charge in [0.1, 0.15) is 17.3 Å². The number of benzene rings is 2. The van der Waals surface area contributed by atoms with Crippen molar-refractivity contribution in [3.05, 3.63) is 59.7 Å². The third-order valence-corrected chi connectivity index (χ3v) is 4.95. The van der Waals surface area contributed by atoms with Crippen LogP contribution in [0, 0.1) is 11.6 Å². The molecule has 3 nitrogen and oxygen atoms in total. The molecule has 0 aliphatic carbocycles. The molecule has 0 fully saturated rings. The van der Waals surface area contributed by atoms with Crippen molar-refractivity contribution < 1.29 is 8.78 Å². The number of aromatic nitrogens is 2. The second kappa shape index (κ2) is 5.94. The summed E-state index contributed by atoms with van der Waals surface area (Å²) in [5.41, 5.74) is 3.20. The monoisotopic (exact) mass is 343 g/mol. The normalized spacial score (nSPS) is 13.0. The molecule has 6 heteroatoms. The van der Waals surface area contributed by atoms with Crippen molar-refractivity contribution >= 4 is 17.6 Å². The Morgan fingerprint density at radius 1 is 1.17 bits per heavy atom. The highest BCUT2D eigenvalue weighted by atomic mass is 32.2. The lowest BCUT2D eigenvalue weighted by atomic mass is 10.1. The Morgan fingerprint density at radius 2 is 2.00 bits per heavy atom. The maximum atomic E-state index is 14.2. The molecule has 1 N–H and O–H groups in total. The predicted molar refractivity (Wildman–Crippen MR) is 92.9 cm³/mol. The third-order valence-electron chi connectivity index (χ3n) is 4.15. The lowest BCUT2D eigenvalue weighted by Gasteiger charge is -2.08. The molecular weight excluding hydrogens is 328 g/mol. The minimum Gasteiger partial charge on any atom is -0.369 e. The maximum absolute atomic E-state index is 14.2. The highest BCUT2D eigenvalue weighted by Gasteiger charge is 2.26. The van der Waals surface area contributed by atoms with Gasteiger partial charge in [-0.1, -0.05) is 18.2 Å². The topological polar surface area (TPSA) is 29.9 Å². The van der Waals surface area contributed by atoms with Crippen molar-refractivity contribution in [3.8, 4) is 16.9 Å². The van der Waals surface area contributed by atoms with Crippen LogP contribution in [-0.2, 0) is 6.42 Å². The first-order valence-corrected chi connectivity index (χ1v) is 8.86. The van der Waals surface area contributed by atoms with E-state index in [1.54, 1.807) is 16.4 Å². The summed E-state index contributed by atoms with van der Waals surface area (Å²) in [6, 6.07) is 11.6. The second-order valence-corrected chi connectivity index (χ2v) is 6.41. The van der Waals surface area contributed by atoms with E-state index in [0.29, 0.717) is 0 Å². The number of nitrogens with one attached hydrogen (secondary N) is 1. The molecule has 122 valence electrons. The zero-order chi connectivity index (χ0) is 16.7. The molecule has 0 saturated carbocycles. The zero-order valence-electron chi connectivity index (χ0n) is 13.0. The van der Waals surface area contributed by atoms with E-state index in [-0.39, 0.29) is 5.69 Å². The molecule has 0 radical (unpaired) electrons. The molecule has 0 unspecified atom stereocenters. The van der Waals surface area contributed by atoms with Crippen LogP contribution in [0.3, 0.4) is 0 Å². The number of anilines is 1. The number of hydrogen-bond acceptors (Lipinski definition) is 3. The molecular formula is C18H15F2N3S. The Morgan fingerprint density at radius 3 is 2.79 bits per heavy atom. The molecule has 24 heavy (non-hydrogen) atoms. The van der Waals surface area contributed by atoms with Crippen molar-refractivity contribution in [1.29, 1.82) is 0 Å². The summed E-state index contributed by atoms with van der Waals surface area (Å²) >= 11 is 1.65. The molecule has 0 saturated heterocycles. The standard InChI is InChI=1S/C18H15F2N3S/c1-24-16-5-3-2-4-12(16)17-13-8-9-21-18(13)23(22-17)15-7-6-11(19)10-14(15)20/h2-7,10,21H,8-9H2,1H3. The van der Waals surface area contributed by atoms with Crippen molar-refractivity contribution in [2.75, 3.05) is 18.1 Å². The van der Waals surface area contributed by atoms with E-state index in [0.717, 1.165) is 46.6 Å². The fourth-order valence-corrected chi connectivity index (χ4v) is 3.66. The number of fused-ring (bicyclic) bond motifs is 1. The predicted octanol–water partition coefficient (Wildman–Crippen LogP) is 4.51. The molecule has 3 aromatic rings. The van der Waals surface area contributed by atoms with Crippen LogP contribution in [0.15, 0.2) is 47.4 Å². The van der Waals surface area contributed by atoms with Crippen LogP contribution in [-0.4, -0.2) is 22.6 Å². The van der Waals surface area contributed by atoms with Gasteiger partial charge in [-0.25, -0.2) is 13.5 Å². The van der Waals surface area contributed by atoms with Gasteiger partial charge in [0, 0.05) is 28.6 Å². The Balaban J connectivity index is 1.93. The number of rotatable bonds is 3. The van der Waals surface area contributed by atoms with E-state index >= 15 is 0 Å². The molecule has 1 aliphatic rings. The lowest BCUT2D eigenvalue weighted by Crippen LogP contribution is -2.06. The summed E-state index contributed by atoms with van der Waals surface area (Å²) in [5, 5.41) is 7.92. The first-order chi connectivity index (χ1) is 11.7. The van der Waals surface area contributed by atoms with E-state index in [1.807, 2.05) is 30.5 Å². The van der Waals surface area contributed by atoms with Gasteiger partial charge in [0.25, 0.3) is 0 Å². The van der Waals surface area contributed by atoms with E-state index in [2.05, 4.69) is 10.4 Å². The van der Waals surface area contributed by atoms with Gasteiger partial charge in [-0.2, -0.15) is 5.10 Å². The Hall–Kier alpha value is -2.34. The molecule has 1 aliphatic heterocycles.